The van der Waals surface area contributed by atoms with Crippen LogP contribution < -0.4 is 5.32 Å². The van der Waals surface area contributed by atoms with Gasteiger partial charge in [0, 0.05) is 17.8 Å². The molecule has 0 fully saturated rings. The molecule has 1 aromatic heterocycles. The van der Waals surface area contributed by atoms with Gasteiger partial charge in [-0.1, -0.05) is 11.6 Å². The summed E-state index contributed by atoms with van der Waals surface area (Å²) < 4.78 is 38.6. The minimum atomic E-state index is -1.61. The predicted octanol–water partition coefficient (Wildman–Crippen LogP) is 2.80. The van der Waals surface area contributed by atoms with Gasteiger partial charge in [0.15, 0.2) is 17.5 Å². The first kappa shape index (κ1) is 13.3. The number of halogens is 4. The summed E-state index contributed by atoms with van der Waals surface area (Å²) >= 11 is 5.54. The monoisotopic (exact) mass is 287 g/mol. The van der Waals surface area contributed by atoms with Gasteiger partial charge in [-0.2, -0.15) is 0 Å². The number of rotatable bonds is 2. The smallest absolute Gasteiger partial charge is 0.275 e. The van der Waals surface area contributed by atoms with Crippen molar-refractivity contribution in [1.29, 1.82) is 0 Å². The lowest BCUT2D eigenvalue weighted by atomic mass is 10.2. The van der Waals surface area contributed by atoms with E-state index in [-0.39, 0.29) is 16.5 Å². The summed E-state index contributed by atoms with van der Waals surface area (Å²) in [6.07, 6.45) is 2.34. The SMILES string of the molecule is O=C(Nc1cc(F)c(F)c(F)c1)c1cncc(Cl)n1. The molecule has 0 atom stereocenters. The van der Waals surface area contributed by atoms with Gasteiger partial charge >= 0.3 is 0 Å². The minimum absolute atomic E-state index is 0.0101. The molecule has 0 saturated carbocycles. The maximum atomic E-state index is 12.9. The van der Waals surface area contributed by atoms with Crippen LogP contribution in [-0.2, 0) is 0 Å². The van der Waals surface area contributed by atoms with Crippen LogP contribution in [0.2, 0.25) is 5.15 Å². The highest BCUT2D eigenvalue weighted by molar-refractivity contribution is 6.29. The van der Waals surface area contributed by atoms with Crippen molar-refractivity contribution in [3.8, 4) is 0 Å². The Bertz CT molecular complexity index is 628. The van der Waals surface area contributed by atoms with E-state index in [9.17, 15) is 18.0 Å². The Hall–Kier alpha value is -2.15. The number of nitrogens with zero attached hydrogens (tertiary/aromatic N) is 2. The Kier molecular flexibility index (Phi) is 3.66. The van der Waals surface area contributed by atoms with Crippen molar-refractivity contribution in [3.05, 3.63) is 52.8 Å². The van der Waals surface area contributed by atoms with Crippen molar-refractivity contribution >= 4 is 23.2 Å². The molecule has 0 saturated heterocycles. The van der Waals surface area contributed by atoms with E-state index in [1.165, 1.54) is 6.20 Å². The molecule has 19 heavy (non-hydrogen) atoms. The van der Waals surface area contributed by atoms with Gasteiger partial charge in [-0.05, 0) is 0 Å². The number of carbonyl (C=O) groups is 1. The number of hydrogen-bond donors (Lipinski definition) is 1. The third-order valence-corrected chi connectivity index (χ3v) is 2.26. The Balaban J connectivity index is 2.24. The second-order valence-electron chi connectivity index (χ2n) is 3.44. The highest BCUT2D eigenvalue weighted by Gasteiger charge is 2.14. The number of aromatic nitrogens is 2. The van der Waals surface area contributed by atoms with Gasteiger partial charge in [-0.15, -0.1) is 0 Å². The van der Waals surface area contributed by atoms with Crippen LogP contribution in [0, 0.1) is 17.5 Å². The summed E-state index contributed by atoms with van der Waals surface area (Å²) in [5.41, 5.74) is -0.388. The molecule has 0 aliphatic heterocycles. The molecule has 4 nitrogen and oxygen atoms in total. The zero-order valence-electron chi connectivity index (χ0n) is 9.12. The number of hydrogen-bond acceptors (Lipinski definition) is 3. The third kappa shape index (κ3) is 3.00. The summed E-state index contributed by atoms with van der Waals surface area (Å²) in [4.78, 5) is 19.0. The Morgan fingerprint density at radius 2 is 1.79 bits per heavy atom. The highest BCUT2D eigenvalue weighted by Crippen LogP contribution is 2.18. The van der Waals surface area contributed by atoms with Crippen molar-refractivity contribution in [2.24, 2.45) is 0 Å². The normalized spacial score (nSPS) is 10.3. The fourth-order valence-corrected chi connectivity index (χ4v) is 1.42. The van der Waals surface area contributed by atoms with Gasteiger partial charge in [0.2, 0.25) is 0 Å². The number of benzene rings is 1. The molecule has 0 radical (unpaired) electrons. The van der Waals surface area contributed by atoms with Crippen molar-refractivity contribution in [1.82, 2.24) is 9.97 Å². The van der Waals surface area contributed by atoms with Crippen LogP contribution in [0.1, 0.15) is 10.5 Å². The Morgan fingerprint density at radius 3 is 2.37 bits per heavy atom. The quantitative estimate of drug-likeness (QED) is 0.864. The number of nitrogens with one attached hydrogen (secondary N) is 1. The van der Waals surface area contributed by atoms with Crippen LogP contribution in [0.15, 0.2) is 24.5 Å². The molecule has 1 N–H and O–H groups in total. The van der Waals surface area contributed by atoms with E-state index in [2.05, 4.69) is 15.3 Å². The van der Waals surface area contributed by atoms with Crippen LogP contribution >= 0.6 is 11.6 Å². The molecule has 0 aliphatic rings. The molecular weight excluding hydrogens is 283 g/mol. The maximum Gasteiger partial charge on any atom is 0.275 e. The second-order valence-corrected chi connectivity index (χ2v) is 3.82. The number of amides is 1. The van der Waals surface area contributed by atoms with E-state index in [1.807, 2.05) is 0 Å². The first-order valence-electron chi connectivity index (χ1n) is 4.91. The third-order valence-electron chi connectivity index (χ3n) is 2.08. The molecule has 8 heteroatoms. The summed E-state index contributed by atoms with van der Waals surface area (Å²) in [7, 11) is 0. The lowest BCUT2D eigenvalue weighted by molar-refractivity contribution is 0.102. The van der Waals surface area contributed by atoms with Gasteiger partial charge in [0.25, 0.3) is 5.91 Å². The first-order valence-corrected chi connectivity index (χ1v) is 5.28. The molecule has 0 aliphatic carbocycles. The fourth-order valence-electron chi connectivity index (χ4n) is 1.27. The fraction of sp³-hybridized carbons (Fsp3) is 0. The molecule has 1 aromatic carbocycles. The van der Waals surface area contributed by atoms with Gasteiger partial charge in [-0.25, -0.2) is 18.2 Å². The summed E-state index contributed by atoms with van der Waals surface area (Å²) in [5.74, 6) is -5.21. The average molecular weight is 288 g/mol. The maximum absolute atomic E-state index is 12.9. The number of carbonyl (C=O) groups excluding carboxylic acids is 1. The zero-order chi connectivity index (χ0) is 14.0. The largest absolute Gasteiger partial charge is 0.320 e. The number of anilines is 1. The summed E-state index contributed by atoms with van der Waals surface area (Å²) in [6.45, 7) is 0. The standard InChI is InChI=1S/C11H5ClF3N3O/c12-9-4-16-3-8(18-9)11(19)17-5-1-6(13)10(15)7(14)2-5/h1-4H,(H,17,19). The Morgan fingerprint density at radius 1 is 1.16 bits per heavy atom. The van der Waals surface area contributed by atoms with Crippen LogP contribution in [0.5, 0.6) is 0 Å². The molecule has 1 amide bonds. The first-order chi connectivity index (χ1) is 8.97. The van der Waals surface area contributed by atoms with Crippen molar-refractivity contribution in [2.45, 2.75) is 0 Å². The highest BCUT2D eigenvalue weighted by atomic mass is 35.5. The van der Waals surface area contributed by atoms with Crippen molar-refractivity contribution in [3.63, 3.8) is 0 Å². The molecule has 0 bridgehead atoms. The predicted molar refractivity (Wildman–Crippen MR) is 61.3 cm³/mol. The van der Waals surface area contributed by atoms with Gasteiger partial charge in [-0.3, -0.25) is 9.78 Å². The molecule has 0 spiro atoms. The average Bonchev–Trinajstić information content (AvgIpc) is 2.36. The van der Waals surface area contributed by atoms with E-state index in [1.54, 1.807) is 0 Å². The molecular formula is C11H5ClF3N3O. The minimum Gasteiger partial charge on any atom is -0.320 e. The summed E-state index contributed by atoms with van der Waals surface area (Å²) in [5, 5.41) is 2.14. The zero-order valence-corrected chi connectivity index (χ0v) is 9.88. The van der Waals surface area contributed by atoms with E-state index < -0.39 is 23.4 Å². The summed E-state index contributed by atoms with van der Waals surface area (Å²) in [6, 6.07) is 1.29. The topological polar surface area (TPSA) is 54.9 Å². The van der Waals surface area contributed by atoms with E-state index >= 15 is 0 Å². The van der Waals surface area contributed by atoms with Gasteiger partial charge in [0.1, 0.15) is 10.8 Å². The second kappa shape index (κ2) is 5.23. The molecule has 2 aromatic rings. The molecule has 98 valence electrons. The molecule has 2 rings (SSSR count). The van der Waals surface area contributed by atoms with E-state index in [4.69, 9.17) is 11.6 Å². The van der Waals surface area contributed by atoms with E-state index in [0.29, 0.717) is 12.1 Å². The molecule has 0 unspecified atom stereocenters. The van der Waals surface area contributed by atoms with Crippen molar-refractivity contribution < 1.29 is 18.0 Å². The Labute approximate surface area is 110 Å². The van der Waals surface area contributed by atoms with Gasteiger partial charge in [0.05, 0.1) is 12.4 Å². The van der Waals surface area contributed by atoms with Crippen LogP contribution in [-0.4, -0.2) is 15.9 Å². The molecule has 1 heterocycles. The van der Waals surface area contributed by atoms with Crippen LogP contribution in [0.4, 0.5) is 18.9 Å². The van der Waals surface area contributed by atoms with Crippen LogP contribution in [0.3, 0.4) is 0 Å². The van der Waals surface area contributed by atoms with Gasteiger partial charge < -0.3 is 5.32 Å². The lowest BCUT2D eigenvalue weighted by Crippen LogP contribution is -2.14. The van der Waals surface area contributed by atoms with Crippen molar-refractivity contribution in [2.75, 3.05) is 5.32 Å². The van der Waals surface area contributed by atoms with E-state index in [0.717, 1.165) is 6.20 Å². The lowest BCUT2D eigenvalue weighted by Gasteiger charge is -2.05. The van der Waals surface area contributed by atoms with Crippen LogP contribution in [0.25, 0.3) is 0 Å².